The first-order valence-corrected chi connectivity index (χ1v) is 6.77. The van der Waals surface area contributed by atoms with E-state index < -0.39 is 0 Å². The van der Waals surface area contributed by atoms with Crippen LogP contribution < -0.4 is 16.0 Å². The van der Waals surface area contributed by atoms with E-state index in [-0.39, 0.29) is 11.8 Å². The number of carbonyl (C=O) groups is 1. The summed E-state index contributed by atoms with van der Waals surface area (Å²) in [6, 6.07) is 0. The molecular weight excluding hydrogens is 240 g/mol. The number of pyridine rings is 1. The SMILES string of the molecule is Cc1cncc(C)c1N1CCC(C(=O)NCCN)C1. The molecule has 0 bridgehead atoms. The lowest BCUT2D eigenvalue weighted by Gasteiger charge is -2.22. The average Bonchev–Trinajstić information content (AvgIpc) is 2.85. The van der Waals surface area contributed by atoms with Crippen molar-refractivity contribution < 1.29 is 4.79 Å². The highest BCUT2D eigenvalue weighted by Crippen LogP contribution is 2.29. The Bertz CT molecular complexity index is 441. The monoisotopic (exact) mass is 262 g/mol. The highest BCUT2D eigenvalue weighted by Gasteiger charge is 2.29. The van der Waals surface area contributed by atoms with Crippen molar-refractivity contribution in [3.05, 3.63) is 23.5 Å². The van der Waals surface area contributed by atoms with Crippen LogP contribution >= 0.6 is 0 Å². The third kappa shape index (κ3) is 3.04. The minimum Gasteiger partial charge on any atom is -0.370 e. The summed E-state index contributed by atoms with van der Waals surface area (Å²) in [5.41, 5.74) is 8.97. The number of aromatic nitrogens is 1. The fraction of sp³-hybridized carbons (Fsp3) is 0.571. The first-order valence-electron chi connectivity index (χ1n) is 6.77. The van der Waals surface area contributed by atoms with E-state index in [0.717, 1.165) is 19.5 Å². The summed E-state index contributed by atoms with van der Waals surface area (Å²) >= 11 is 0. The van der Waals surface area contributed by atoms with E-state index in [1.807, 2.05) is 12.4 Å². The number of nitrogens with zero attached hydrogens (tertiary/aromatic N) is 2. The lowest BCUT2D eigenvalue weighted by molar-refractivity contribution is -0.124. The molecule has 0 radical (unpaired) electrons. The first-order chi connectivity index (χ1) is 9.13. The third-order valence-electron chi connectivity index (χ3n) is 3.60. The van der Waals surface area contributed by atoms with Crippen molar-refractivity contribution in [3.8, 4) is 0 Å². The molecule has 5 nitrogen and oxygen atoms in total. The smallest absolute Gasteiger partial charge is 0.225 e. The topological polar surface area (TPSA) is 71.2 Å². The highest BCUT2D eigenvalue weighted by atomic mass is 16.1. The van der Waals surface area contributed by atoms with Crippen molar-refractivity contribution in [1.82, 2.24) is 10.3 Å². The molecule has 1 atom stereocenters. The van der Waals surface area contributed by atoms with Crippen LogP contribution in [0.3, 0.4) is 0 Å². The van der Waals surface area contributed by atoms with Gasteiger partial charge in [0.1, 0.15) is 0 Å². The van der Waals surface area contributed by atoms with E-state index >= 15 is 0 Å². The average molecular weight is 262 g/mol. The van der Waals surface area contributed by atoms with Crippen LogP contribution in [0.5, 0.6) is 0 Å². The Hall–Kier alpha value is -1.62. The molecule has 2 rings (SSSR count). The maximum Gasteiger partial charge on any atom is 0.225 e. The van der Waals surface area contributed by atoms with Gasteiger partial charge in [-0.15, -0.1) is 0 Å². The van der Waals surface area contributed by atoms with Gasteiger partial charge in [0.25, 0.3) is 0 Å². The summed E-state index contributed by atoms with van der Waals surface area (Å²) in [6.07, 6.45) is 4.66. The highest BCUT2D eigenvalue weighted by molar-refractivity contribution is 5.80. The number of anilines is 1. The molecule has 0 saturated carbocycles. The standard InChI is InChI=1S/C14H22N4O/c1-10-7-16-8-11(2)13(10)18-6-3-12(9-18)14(19)17-5-4-15/h7-8,12H,3-6,9,15H2,1-2H3,(H,17,19). The number of hydrogen-bond donors (Lipinski definition) is 2. The summed E-state index contributed by atoms with van der Waals surface area (Å²) in [6.45, 7) is 6.89. The largest absolute Gasteiger partial charge is 0.370 e. The van der Waals surface area contributed by atoms with Gasteiger partial charge in [-0.1, -0.05) is 0 Å². The molecule has 1 aliphatic heterocycles. The Morgan fingerprint density at radius 2 is 2.16 bits per heavy atom. The summed E-state index contributed by atoms with van der Waals surface area (Å²) in [5, 5.41) is 2.87. The van der Waals surface area contributed by atoms with Gasteiger partial charge in [-0.25, -0.2) is 0 Å². The Labute approximate surface area is 114 Å². The van der Waals surface area contributed by atoms with E-state index in [1.54, 1.807) is 0 Å². The van der Waals surface area contributed by atoms with Gasteiger partial charge in [-0.05, 0) is 31.4 Å². The number of hydrogen-bond acceptors (Lipinski definition) is 4. The summed E-state index contributed by atoms with van der Waals surface area (Å²) in [7, 11) is 0. The van der Waals surface area contributed by atoms with E-state index in [9.17, 15) is 4.79 Å². The maximum absolute atomic E-state index is 11.9. The van der Waals surface area contributed by atoms with Crippen molar-refractivity contribution in [2.45, 2.75) is 20.3 Å². The summed E-state index contributed by atoms with van der Waals surface area (Å²) in [5.74, 6) is 0.191. The normalized spacial score (nSPS) is 18.7. The second-order valence-electron chi connectivity index (χ2n) is 5.13. The Balaban J connectivity index is 2.04. The zero-order chi connectivity index (χ0) is 13.8. The van der Waals surface area contributed by atoms with Gasteiger partial charge in [0.15, 0.2) is 0 Å². The van der Waals surface area contributed by atoms with Crippen LogP contribution in [0.1, 0.15) is 17.5 Å². The molecule has 104 valence electrons. The van der Waals surface area contributed by atoms with Gasteiger partial charge in [-0.2, -0.15) is 0 Å². The molecule has 0 aliphatic carbocycles. The lowest BCUT2D eigenvalue weighted by Crippen LogP contribution is -2.35. The quantitative estimate of drug-likeness (QED) is 0.833. The fourth-order valence-corrected chi connectivity index (χ4v) is 2.71. The zero-order valence-electron chi connectivity index (χ0n) is 11.6. The van der Waals surface area contributed by atoms with E-state index in [0.29, 0.717) is 13.1 Å². The van der Waals surface area contributed by atoms with Gasteiger partial charge in [0.2, 0.25) is 5.91 Å². The van der Waals surface area contributed by atoms with E-state index in [1.165, 1.54) is 16.8 Å². The number of rotatable bonds is 4. The molecule has 1 aromatic heterocycles. The minimum absolute atomic E-state index is 0.0681. The summed E-state index contributed by atoms with van der Waals surface area (Å²) in [4.78, 5) is 18.4. The van der Waals surface area contributed by atoms with Crippen LogP contribution in [0, 0.1) is 19.8 Å². The second kappa shape index (κ2) is 6.02. The van der Waals surface area contributed by atoms with Gasteiger partial charge in [0, 0.05) is 44.3 Å². The molecule has 0 spiro atoms. The number of nitrogens with one attached hydrogen (secondary N) is 1. The minimum atomic E-state index is 0.0681. The van der Waals surface area contributed by atoms with Crippen LogP contribution in [0.4, 0.5) is 5.69 Å². The van der Waals surface area contributed by atoms with Crippen LogP contribution in [-0.4, -0.2) is 37.1 Å². The Kier molecular flexibility index (Phi) is 4.37. The third-order valence-corrected chi connectivity index (χ3v) is 3.60. The van der Waals surface area contributed by atoms with E-state index in [4.69, 9.17) is 5.73 Å². The Morgan fingerprint density at radius 3 is 2.79 bits per heavy atom. The van der Waals surface area contributed by atoms with Crippen molar-refractivity contribution in [1.29, 1.82) is 0 Å². The molecule has 1 aliphatic rings. The molecule has 1 saturated heterocycles. The molecule has 1 aromatic rings. The van der Waals surface area contributed by atoms with Crippen molar-refractivity contribution in [2.24, 2.45) is 11.7 Å². The van der Waals surface area contributed by atoms with Crippen LogP contribution in [0.15, 0.2) is 12.4 Å². The first kappa shape index (κ1) is 13.8. The van der Waals surface area contributed by atoms with Crippen molar-refractivity contribution in [3.63, 3.8) is 0 Å². The van der Waals surface area contributed by atoms with Gasteiger partial charge >= 0.3 is 0 Å². The molecule has 2 heterocycles. The van der Waals surface area contributed by atoms with Crippen LogP contribution in [0.25, 0.3) is 0 Å². The molecule has 1 unspecified atom stereocenters. The Morgan fingerprint density at radius 1 is 1.47 bits per heavy atom. The van der Waals surface area contributed by atoms with Crippen molar-refractivity contribution in [2.75, 3.05) is 31.1 Å². The van der Waals surface area contributed by atoms with Crippen LogP contribution in [-0.2, 0) is 4.79 Å². The fourth-order valence-electron chi connectivity index (χ4n) is 2.71. The molecule has 5 heteroatoms. The lowest BCUT2D eigenvalue weighted by atomic mass is 10.1. The summed E-state index contributed by atoms with van der Waals surface area (Å²) < 4.78 is 0. The van der Waals surface area contributed by atoms with Gasteiger partial charge in [0.05, 0.1) is 5.92 Å². The maximum atomic E-state index is 11.9. The number of amides is 1. The predicted molar refractivity (Wildman–Crippen MR) is 76.1 cm³/mol. The second-order valence-corrected chi connectivity index (χ2v) is 5.13. The van der Waals surface area contributed by atoms with Crippen LogP contribution in [0.2, 0.25) is 0 Å². The molecule has 0 aromatic carbocycles. The molecular formula is C14H22N4O. The molecule has 1 fully saturated rings. The molecule has 1 amide bonds. The van der Waals surface area contributed by atoms with Crippen molar-refractivity contribution >= 4 is 11.6 Å². The van der Waals surface area contributed by atoms with Gasteiger partial charge in [-0.3, -0.25) is 9.78 Å². The molecule has 3 N–H and O–H groups in total. The zero-order valence-corrected chi connectivity index (χ0v) is 11.6. The predicted octanol–water partition coefficient (Wildman–Crippen LogP) is 0.600. The van der Waals surface area contributed by atoms with Gasteiger partial charge < -0.3 is 16.0 Å². The van der Waals surface area contributed by atoms with E-state index in [2.05, 4.69) is 29.0 Å². The number of aryl methyl sites for hydroxylation is 2. The number of nitrogens with two attached hydrogens (primary N) is 1. The molecule has 19 heavy (non-hydrogen) atoms. The number of carbonyl (C=O) groups excluding carboxylic acids is 1.